The highest BCUT2D eigenvalue weighted by atomic mass is 16.3. The van der Waals surface area contributed by atoms with Crippen LogP contribution in [0.1, 0.15) is 19.4 Å². The first-order valence-corrected chi connectivity index (χ1v) is 8.38. The summed E-state index contributed by atoms with van der Waals surface area (Å²) in [7, 11) is 0. The van der Waals surface area contributed by atoms with E-state index in [1.54, 1.807) is 6.07 Å². The van der Waals surface area contributed by atoms with Crippen LogP contribution in [0.3, 0.4) is 0 Å². The van der Waals surface area contributed by atoms with E-state index in [1.807, 2.05) is 18.2 Å². The number of hydrogen-bond donors (Lipinski definition) is 1. The summed E-state index contributed by atoms with van der Waals surface area (Å²) in [5, 5.41) is 4.29. The molecule has 0 saturated heterocycles. The molecule has 0 spiro atoms. The molecule has 3 rings (SSSR count). The Morgan fingerprint density at radius 2 is 1.92 bits per heavy atom. The topological polar surface area (TPSA) is 60.4 Å². The van der Waals surface area contributed by atoms with E-state index in [0.717, 1.165) is 24.1 Å². The second kappa shape index (κ2) is 6.97. The van der Waals surface area contributed by atoms with Gasteiger partial charge in [-0.1, -0.05) is 38.1 Å². The van der Waals surface area contributed by atoms with E-state index in [-0.39, 0.29) is 0 Å². The van der Waals surface area contributed by atoms with Gasteiger partial charge in [0.15, 0.2) is 0 Å². The second-order valence-corrected chi connectivity index (χ2v) is 6.61. The smallest absolute Gasteiger partial charge is 0.108 e. The number of rotatable bonds is 6. The number of nitroso groups, excluding NO2 is 1. The van der Waals surface area contributed by atoms with Crippen LogP contribution >= 0.6 is 0 Å². The standard InChI is InChI=1S/C20H23N3O/c1-14(2)12-23-13-17(8-9-21)19-7-6-16(11-20(19)23)15-4-3-5-18(10-15)22-24/h3-7,10-11,13-14H,8-9,12,21H2,1-2H3. The molecule has 4 heteroatoms. The van der Waals surface area contributed by atoms with Gasteiger partial charge in [0.2, 0.25) is 0 Å². The van der Waals surface area contributed by atoms with E-state index in [4.69, 9.17) is 5.73 Å². The normalized spacial score (nSPS) is 11.3. The first-order chi connectivity index (χ1) is 11.6. The van der Waals surface area contributed by atoms with Crippen molar-refractivity contribution < 1.29 is 0 Å². The van der Waals surface area contributed by atoms with Crippen molar-refractivity contribution in [1.82, 2.24) is 4.57 Å². The number of nitrogens with zero attached hydrogens (tertiary/aromatic N) is 2. The molecule has 0 atom stereocenters. The molecule has 4 nitrogen and oxygen atoms in total. The van der Waals surface area contributed by atoms with Gasteiger partial charge in [0.1, 0.15) is 5.69 Å². The van der Waals surface area contributed by atoms with E-state index in [0.29, 0.717) is 18.2 Å². The van der Waals surface area contributed by atoms with Crippen LogP contribution in [0.4, 0.5) is 5.69 Å². The lowest BCUT2D eigenvalue weighted by Gasteiger charge is -2.09. The Labute approximate surface area is 142 Å². The maximum atomic E-state index is 10.8. The van der Waals surface area contributed by atoms with Crippen molar-refractivity contribution in [3.8, 4) is 11.1 Å². The zero-order valence-corrected chi connectivity index (χ0v) is 14.2. The van der Waals surface area contributed by atoms with Gasteiger partial charge in [-0.2, -0.15) is 0 Å². The van der Waals surface area contributed by atoms with Crippen LogP contribution in [-0.2, 0) is 13.0 Å². The molecule has 124 valence electrons. The van der Waals surface area contributed by atoms with Gasteiger partial charge in [-0.25, -0.2) is 0 Å². The van der Waals surface area contributed by atoms with Crippen LogP contribution < -0.4 is 5.73 Å². The van der Waals surface area contributed by atoms with Crippen molar-refractivity contribution >= 4 is 16.6 Å². The van der Waals surface area contributed by atoms with Crippen LogP contribution in [0, 0.1) is 10.8 Å². The summed E-state index contributed by atoms with van der Waals surface area (Å²) in [4.78, 5) is 10.8. The molecular formula is C20H23N3O. The van der Waals surface area contributed by atoms with Gasteiger partial charge in [-0.15, -0.1) is 4.91 Å². The minimum Gasteiger partial charge on any atom is -0.347 e. The average Bonchev–Trinajstić information content (AvgIpc) is 2.92. The fraction of sp³-hybridized carbons (Fsp3) is 0.300. The summed E-state index contributed by atoms with van der Waals surface area (Å²) in [6, 6.07) is 13.9. The van der Waals surface area contributed by atoms with E-state index >= 15 is 0 Å². The van der Waals surface area contributed by atoms with Crippen molar-refractivity contribution in [2.75, 3.05) is 6.54 Å². The number of fused-ring (bicyclic) bond motifs is 1. The molecular weight excluding hydrogens is 298 g/mol. The van der Waals surface area contributed by atoms with Crippen LogP contribution in [0.5, 0.6) is 0 Å². The van der Waals surface area contributed by atoms with E-state index in [2.05, 4.69) is 48.0 Å². The quantitative estimate of drug-likeness (QED) is 0.659. The summed E-state index contributed by atoms with van der Waals surface area (Å²) in [5.74, 6) is 0.567. The average molecular weight is 321 g/mol. The predicted molar refractivity (Wildman–Crippen MR) is 100 cm³/mol. The van der Waals surface area contributed by atoms with E-state index < -0.39 is 0 Å². The molecule has 0 bridgehead atoms. The fourth-order valence-electron chi connectivity index (χ4n) is 3.19. The number of benzene rings is 2. The van der Waals surface area contributed by atoms with Gasteiger partial charge in [0.25, 0.3) is 0 Å². The highest BCUT2D eigenvalue weighted by Crippen LogP contribution is 2.30. The van der Waals surface area contributed by atoms with E-state index in [9.17, 15) is 4.91 Å². The molecule has 0 saturated carbocycles. The Morgan fingerprint density at radius 1 is 1.12 bits per heavy atom. The Bertz CT molecular complexity index is 864. The van der Waals surface area contributed by atoms with Crippen molar-refractivity contribution in [2.24, 2.45) is 16.8 Å². The maximum Gasteiger partial charge on any atom is 0.108 e. The van der Waals surface area contributed by atoms with E-state index in [1.165, 1.54) is 16.5 Å². The Balaban J connectivity index is 2.12. The summed E-state index contributed by atoms with van der Waals surface area (Å²) >= 11 is 0. The first-order valence-electron chi connectivity index (χ1n) is 8.38. The fourth-order valence-corrected chi connectivity index (χ4v) is 3.19. The molecule has 0 amide bonds. The molecule has 1 heterocycles. The largest absolute Gasteiger partial charge is 0.347 e. The molecule has 0 unspecified atom stereocenters. The van der Waals surface area contributed by atoms with Crippen molar-refractivity contribution in [1.29, 1.82) is 0 Å². The highest BCUT2D eigenvalue weighted by molar-refractivity contribution is 5.88. The zero-order chi connectivity index (χ0) is 17.1. The van der Waals surface area contributed by atoms with Gasteiger partial charge < -0.3 is 10.3 Å². The van der Waals surface area contributed by atoms with Crippen LogP contribution in [0.2, 0.25) is 0 Å². The third-order valence-electron chi connectivity index (χ3n) is 4.23. The minimum atomic E-state index is 0.453. The van der Waals surface area contributed by atoms with Gasteiger partial charge in [0, 0.05) is 23.6 Å². The Morgan fingerprint density at radius 3 is 2.62 bits per heavy atom. The summed E-state index contributed by atoms with van der Waals surface area (Å²) in [6.07, 6.45) is 3.11. The molecule has 0 aliphatic carbocycles. The molecule has 1 aromatic heterocycles. The van der Waals surface area contributed by atoms with Gasteiger partial charge in [-0.05, 0) is 58.9 Å². The minimum absolute atomic E-state index is 0.453. The van der Waals surface area contributed by atoms with Crippen LogP contribution in [0.25, 0.3) is 22.0 Å². The SMILES string of the molecule is CC(C)Cn1cc(CCN)c2ccc(-c3cccc(N=O)c3)cc21. The molecule has 2 aromatic carbocycles. The van der Waals surface area contributed by atoms with Gasteiger partial charge in [0.05, 0.1) is 0 Å². The molecule has 0 fully saturated rings. The molecule has 0 radical (unpaired) electrons. The third-order valence-corrected chi connectivity index (χ3v) is 4.23. The third kappa shape index (κ3) is 3.24. The lowest BCUT2D eigenvalue weighted by atomic mass is 10.0. The molecule has 0 aliphatic rings. The monoisotopic (exact) mass is 321 g/mol. The number of nitrogens with two attached hydrogens (primary N) is 1. The summed E-state index contributed by atoms with van der Waals surface area (Å²) in [6.45, 7) is 6.06. The molecule has 24 heavy (non-hydrogen) atoms. The summed E-state index contributed by atoms with van der Waals surface area (Å²) in [5.41, 5.74) is 10.8. The van der Waals surface area contributed by atoms with Crippen LogP contribution in [-0.4, -0.2) is 11.1 Å². The van der Waals surface area contributed by atoms with Crippen molar-refractivity contribution in [3.05, 3.63) is 59.1 Å². The Hall–Kier alpha value is -2.46. The molecule has 0 aliphatic heterocycles. The van der Waals surface area contributed by atoms with Gasteiger partial charge >= 0.3 is 0 Å². The number of hydrogen-bond acceptors (Lipinski definition) is 3. The molecule has 2 N–H and O–H groups in total. The highest BCUT2D eigenvalue weighted by Gasteiger charge is 2.11. The van der Waals surface area contributed by atoms with Gasteiger partial charge in [-0.3, -0.25) is 0 Å². The second-order valence-electron chi connectivity index (χ2n) is 6.61. The predicted octanol–water partition coefficient (Wildman–Crippen LogP) is 4.86. The first kappa shape index (κ1) is 16.4. The lowest BCUT2D eigenvalue weighted by molar-refractivity contribution is 0.534. The zero-order valence-electron chi connectivity index (χ0n) is 14.2. The molecule has 3 aromatic rings. The summed E-state index contributed by atoms with van der Waals surface area (Å²) < 4.78 is 2.32. The van der Waals surface area contributed by atoms with Crippen molar-refractivity contribution in [2.45, 2.75) is 26.8 Å². The van der Waals surface area contributed by atoms with Crippen LogP contribution in [0.15, 0.2) is 53.8 Å². The lowest BCUT2D eigenvalue weighted by Crippen LogP contribution is -2.04. The number of aromatic nitrogens is 1. The van der Waals surface area contributed by atoms with Crippen molar-refractivity contribution in [3.63, 3.8) is 0 Å². The Kier molecular flexibility index (Phi) is 4.76. The maximum absolute atomic E-state index is 10.8.